The molecule has 0 aliphatic rings. The Labute approximate surface area is 138 Å². The van der Waals surface area contributed by atoms with Crippen LogP contribution < -0.4 is 10.5 Å². The number of benzene rings is 1. The number of hydrogen-bond acceptors (Lipinski definition) is 6. The minimum Gasteiger partial charge on any atom is -0.374 e. The molecule has 2 rings (SSSR count). The molecule has 0 amide bonds. The van der Waals surface area contributed by atoms with Gasteiger partial charge in [-0.05, 0) is 36.8 Å². The minimum atomic E-state index is -0.349. The highest BCUT2D eigenvalue weighted by Crippen LogP contribution is 2.13. The molecular formula is C15H16N6OS. The van der Waals surface area contributed by atoms with Crippen molar-refractivity contribution in [3.63, 3.8) is 0 Å². The summed E-state index contributed by atoms with van der Waals surface area (Å²) in [4.78, 5) is 13.9. The molecule has 0 radical (unpaired) electrons. The number of nitrogens with zero attached hydrogens (tertiary/aromatic N) is 5. The van der Waals surface area contributed by atoms with E-state index in [0.717, 1.165) is 15.9 Å². The van der Waals surface area contributed by atoms with Crippen LogP contribution in [-0.2, 0) is 0 Å². The number of nitrogens with one attached hydrogen (secondary N) is 1. The first-order chi connectivity index (χ1) is 11.0. The molecule has 2 aromatic rings. The van der Waals surface area contributed by atoms with Gasteiger partial charge < -0.3 is 4.90 Å². The molecule has 0 fully saturated rings. The van der Waals surface area contributed by atoms with Gasteiger partial charge in [-0.25, -0.2) is 0 Å². The van der Waals surface area contributed by atoms with E-state index in [1.54, 1.807) is 13.1 Å². The van der Waals surface area contributed by atoms with Crippen LogP contribution in [-0.4, -0.2) is 34.7 Å². The van der Waals surface area contributed by atoms with Crippen molar-refractivity contribution >= 4 is 24.1 Å². The lowest BCUT2D eigenvalue weighted by atomic mass is 10.2. The molecule has 1 heterocycles. The molecular weight excluding hydrogens is 312 g/mol. The third-order valence-corrected chi connectivity index (χ3v) is 3.49. The molecule has 0 saturated carbocycles. The highest BCUT2D eigenvalue weighted by molar-refractivity contribution is 7.71. The number of rotatable bonds is 5. The van der Waals surface area contributed by atoms with Crippen molar-refractivity contribution in [3.05, 3.63) is 50.6 Å². The van der Waals surface area contributed by atoms with Gasteiger partial charge in [0.25, 0.3) is 5.56 Å². The van der Waals surface area contributed by atoms with Gasteiger partial charge in [-0.15, -0.1) is 0 Å². The number of aromatic nitrogens is 3. The molecule has 23 heavy (non-hydrogen) atoms. The van der Waals surface area contributed by atoms with Crippen molar-refractivity contribution in [3.8, 4) is 6.07 Å². The lowest BCUT2D eigenvalue weighted by Gasteiger charge is -2.17. The molecule has 0 spiro atoms. The Morgan fingerprint density at radius 3 is 2.83 bits per heavy atom. The summed E-state index contributed by atoms with van der Waals surface area (Å²) in [6.45, 7) is 2.26. The number of anilines is 1. The molecule has 1 aromatic heterocycles. The summed E-state index contributed by atoms with van der Waals surface area (Å²) in [5.74, 6) is 0. The standard InChI is InChI=1S/C15H16N6OS/c1-11-14(22)21(15(23)19-18-11)17-10-12-4-6-13(7-5-12)20(2)9-3-8-16/h4-7,10H,3,9H2,1-2H3,(H,19,23)/b17-10-. The Hall–Kier alpha value is -2.79. The largest absolute Gasteiger partial charge is 0.374 e. The Bertz CT molecular complexity index is 859. The second-order valence-electron chi connectivity index (χ2n) is 4.90. The fraction of sp³-hybridized carbons (Fsp3) is 0.267. The zero-order valence-corrected chi connectivity index (χ0v) is 13.7. The van der Waals surface area contributed by atoms with Gasteiger partial charge in [-0.2, -0.15) is 20.1 Å². The SMILES string of the molecule is Cc1n[nH]c(=S)n(/N=C\c2ccc(N(C)CCC#N)cc2)c1=O. The number of aryl methyl sites for hydroxylation is 1. The molecule has 0 aliphatic carbocycles. The van der Waals surface area contributed by atoms with Crippen LogP contribution in [0.5, 0.6) is 0 Å². The smallest absolute Gasteiger partial charge is 0.296 e. The van der Waals surface area contributed by atoms with E-state index in [2.05, 4.69) is 21.4 Å². The zero-order valence-electron chi connectivity index (χ0n) is 12.9. The average molecular weight is 328 g/mol. The lowest BCUT2D eigenvalue weighted by molar-refractivity contribution is 0.720. The van der Waals surface area contributed by atoms with Gasteiger partial charge in [0.15, 0.2) is 0 Å². The van der Waals surface area contributed by atoms with Gasteiger partial charge in [-0.3, -0.25) is 9.89 Å². The van der Waals surface area contributed by atoms with Gasteiger partial charge in [0.1, 0.15) is 5.69 Å². The fourth-order valence-corrected chi connectivity index (χ4v) is 2.04. The van der Waals surface area contributed by atoms with Crippen molar-refractivity contribution in [1.29, 1.82) is 5.26 Å². The third-order valence-electron chi connectivity index (χ3n) is 3.23. The normalized spacial score (nSPS) is 10.7. The van der Waals surface area contributed by atoms with Crippen molar-refractivity contribution < 1.29 is 0 Å². The minimum absolute atomic E-state index is 0.143. The summed E-state index contributed by atoms with van der Waals surface area (Å²) in [6.07, 6.45) is 2.03. The van der Waals surface area contributed by atoms with Crippen LogP contribution in [0.4, 0.5) is 5.69 Å². The van der Waals surface area contributed by atoms with Crippen molar-refractivity contribution in [2.24, 2.45) is 5.10 Å². The number of hydrogen-bond donors (Lipinski definition) is 1. The quantitative estimate of drug-likeness (QED) is 0.668. The van der Waals surface area contributed by atoms with Gasteiger partial charge in [-0.1, -0.05) is 12.1 Å². The van der Waals surface area contributed by atoms with Crippen LogP contribution in [0.15, 0.2) is 34.2 Å². The first-order valence-corrected chi connectivity index (χ1v) is 7.34. The first-order valence-electron chi connectivity index (χ1n) is 6.94. The summed E-state index contributed by atoms with van der Waals surface area (Å²) >= 11 is 5.01. The summed E-state index contributed by atoms with van der Waals surface area (Å²) in [6, 6.07) is 9.75. The van der Waals surface area contributed by atoms with E-state index in [-0.39, 0.29) is 10.3 Å². The number of aromatic amines is 1. The topological polar surface area (TPSA) is 90.1 Å². The van der Waals surface area contributed by atoms with Gasteiger partial charge in [0.05, 0.1) is 18.7 Å². The van der Waals surface area contributed by atoms with E-state index in [1.165, 1.54) is 0 Å². The first kappa shape index (κ1) is 16.6. The highest BCUT2D eigenvalue weighted by Gasteiger charge is 2.02. The molecule has 0 aliphatic heterocycles. The predicted octanol–water partition coefficient (Wildman–Crippen LogP) is 1.84. The van der Waals surface area contributed by atoms with Gasteiger partial charge in [0.2, 0.25) is 4.77 Å². The van der Waals surface area contributed by atoms with Crippen molar-refractivity contribution in [1.82, 2.24) is 14.9 Å². The maximum atomic E-state index is 11.9. The number of H-pyrrole nitrogens is 1. The second-order valence-corrected chi connectivity index (χ2v) is 5.28. The Morgan fingerprint density at radius 2 is 2.17 bits per heavy atom. The van der Waals surface area contributed by atoms with E-state index < -0.39 is 0 Å². The van der Waals surface area contributed by atoms with E-state index in [9.17, 15) is 4.79 Å². The Kier molecular flexibility index (Phi) is 5.38. The summed E-state index contributed by atoms with van der Waals surface area (Å²) in [5.41, 5.74) is 1.79. The zero-order chi connectivity index (χ0) is 16.8. The molecule has 7 nitrogen and oxygen atoms in total. The van der Waals surface area contributed by atoms with Crippen LogP contribution in [0.1, 0.15) is 17.7 Å². The fourth-order valence-electron chi connectivity index (χ4n) is 1.86. The van der Waals surface area contributed by atoms with Crippen molar-refractivity contribution in [2.45, 2.75) is 13.3 Å². The molecule has 0 atom stereocenters. The Balaban J connectivity index is 2.19. The maximum Gasteiger partial charge on any atom is 0.296 e. The average Bonchev–Trinajstić information content (AvgIpc) is 2.56. The Morgan fingerprint density at radius 1 is 1.48 bits per heavy atom. The molecule has 0 bridgehead atoms. The second kappa shape index (κ2) is 7.47. The lowest BCUT2D eigenvalue weighted by Crippen LogP contribution is -2.22. The van der Waals surface area contributed by atoms with Crippen LogP contribution in [0.3, 0.4) is 0 Å². The highest BCUT2D eigenvalue weighted by atomic mass is 32.1. The summed E-state index contributed by atoms with van der Waals surface area (Å²) in [7, 11) is 1.93. The van der Waals surface area contributed by atoms with Gasteiger partial charge >= 0.3 is 0 Å². The van der Waals surface area contributed by atoms with E-state index in [1.807, 2.05) is 36.2 Å². The van der Waals surface area contributed by atoms with Crippen LogP contribution in [0.2, 0.25) is 0 Å². The molecule has 1 aromatic carbocycles. The predicted molar refractivity (Wildman–Crippen MR) is 91.4 cm³/mol. The summed E-state index contributed by atoms with van der Waals surface area (Å²) < 4.78 is 1.25. The number of nitriles is 1. The third kappa shape index (κ3) is 4.11. The monoisotopic (exact) mass is 328 g/mol. The molecule has 118 valence electrons. The van der Waals surface area contributed by atoms with Gasteiger partial charge in [0, 0.05) is 19.3 Å². The molecule has 0 saturated heterocycles. The summed E-state index contributed by atoms with van der Waals surface area (Å²) in [5, 5.41) is 19.1. The van der Waals surface area contributed by atoms with E-state index in [0.29, 0.717) is 18.7 Å². The van der Waals surface area contributed by atoms with Crippen LogP contribution in [0.25, 0.3) is 0 Å². The molecule has 0 unspecified atom stereocenters. The molecule has 8 heteroatoms. The van der Waals surface area contributed by atoms with E-state index in [4.69, 9.17) is 17.5 Å². The van der Waals surface area contributed by atoms with Crippen molar-refractivity contribution in [2.75, 3.05) is 18.5 Å². The van der Waals surface area contributed by atoms with E-state index >= 15 is 0 Å². The van der Waals surface area contributed by atoms with Crippen LogP contribution >= 0.6 is 12.2 Å². The van der Waals surface area contributed by atoms with Crippen LogP contribution in [0, 0.1) is 23.0 Å². The maximum absolute atomic E-state index is 11.9. The molecule has 1 N–H and O–H groups in total.